The molecular weight excluding hydrogens is 393 g/mol. The van der Waals surface area contributed by atoms with Crippen LogP contribution >= 0.6 is 50.5 Å². The molecule has 0 aliphatic heterocycles. The third kappa shape index (κ3) is 3.46. The van der Waals surface area contributed by atoms with Crippen LogP contribution in [0.15, 0.2) is 57.6 Å². The molecule has 2 nitrogen and oxygen atoms in total. The first-order chi connectivity index (χ1) is 10.1. The topological polar surface area (TPSA) is 25.2 Å². The molecule has 6 heteroatoms. The van der Waals surface area contributed by atoms with Gasteiger partial charge in [0.05, 0.1) is 16.3 Å². The van der Waals surface area contributed by atoms with Gasteiger partial charge in [-0.05, 0) is 58.4 Å². The van der Waals surface area contributed by atoms with Gasteiger partial charge >= 0.3 is 0 Å². The lowest BCUT2D eigenvalue weighted by Gasteiger charge is -2.18. The third-order valence-electron chi connectivity index (χ3n) is 2.93. The molecule has 3 aromatic rings. The Morgan fingerprint density at radius 1 is 1.14 bits per heavy atom. The van der Waals surface area contributed by atoms with E-state index in [0.717, 1.165) is 25.1 Å². The molecule has 0 aliphatic rings. The molecule has 0 bridgehead atoms. The Bertz CT molecular complexity index is 742. The minimum atomic E-state index is -0.118. The summed E-state index contributed by atoms with van der Waals surface area (Å²) in [7, 11) is 0. The highest BCUT2D eigenvalue weighted by Crippen LogP contribution is 2.36. The van der Waals surface area contributed by atoms with Crippen molar-refractivity contribution in [3.05, 3.63) is 73.2 Å². The van der Waals surface area contributed by atoms with Crippen LogP contribution < -0.4 is 5.32 Å². The molecule has 0 spiro atoms. The number of benzene rings is 1. The van der Waals surface area contributed by atoms with Gasteiger partial charge in [-0.2, -0.15) is 0 Å². The van der Waals surface area contributed by atoms with E-state index >= 15 is 0 Å². The van der Waals surface area contributed by atoms with Crippen LogP contribution in [-0.2, 0) is 0 Å². The number of hydrogen-bond donors (Lipinski definition) is 1. The smallest absolute Gasteiger partial charge is 0.131 e. The zero-order valence-corrected chi connectivity index (χ0v) is 14.6. The highest BCUT2D eigenvalue weighted by molar-refractivity contribution is 9.10. The van der Waals surface area contributed by atoms with Gasteiger partial charge in [-0.15, -0.1) is 11.3 Å². The largest absolute Gasteiger partial charge is 0.467 e. The number of thiophene rings is 1. The first kappa shape index (κ1) is 15.0. The quantitative estimate of drug-likeness (QED) is 0.530. The number of nitrogens with one attached hydrogen (secondary N) is 1. The minimum Gasteiger partial charge on any atom is -0.467 e. The van der Waals surface area contributed by atoms with Gasteiger partial charge in [0.2, 0.25) is 0 Å². The Kier molecular flexibility index (Phi) is 4.60. The lowest BCUT2D eigenvalue weighted by Crippen LogP contribution is -2.10. The molecule has 3 rings (SSSR count). The molecule has 0 fully saturated rings. The summed E-state index contributed by atoms with van der Waals surface area (Å²) < 4.78 is 7.23. The predicted octanol–water partition coefficient (Wildman–Crippen LogP) is 6.61. The molecule has 0 amide bonds. The van der Waals surface area contributed by atoms with Crippen LogP contribution in [0.25, 0.3) is 0 Å². The van der Waals surface area contributed by atoms with E-state index in [9.17, 15) is 0 Å². The Hall–Kier alpha value is -0.940. The minimum absolute atomic E-state index is 0.118. The van der Waals surface area contributed by atoms with Gasteiger partial charge in [0.1, 0.15) is 11.8 Å². The standard InChI is InChI=1S/C15H10BrCl2NOS/c16-10-4-3-9(17)8-11(10)19-15(12-2-1-7-20-12)13-5-6-14(18)21-13/h1-8,15,19H. The summed E-state index contributed by atoms with van der Waals surface area (Å²) >= 11 is 17.2. The fourth-order valence-electron chi connectivity index (χ4n) is 1.99. The van der Waals surface area contributed by atoms with Gasteiger partial charge in [-0.1, -0.05) is 23.2 Å². The zero-order chi connectivity index (χ0) is 14.8. The van der Waals surface area contributed by atoms with Crippen molar-refractivity contribution in [3.63, 3.8) is 0 Å². The van der Waals surface area contributed by atoms with Gasteiger partial charge < -0.3 is 9.73 Å². The summed E-state index contributed by atoms with van der Waals surface area (Å²) in [5.74, 6) is 0.820. The summed E-state index contributed by atoms with van der Waals surface area (Å²) in [5, 5.41) is 4.12. The summed E-state index contributed by atoms with van der Waals surface area (Å²) in [4.78, 5) is 1.07. The maximum absolute atomic E-state index is 6.07. The van der Waals surface area contributed by atoms with Crippen LogP contribution in [0.2, 0.25) is 9.36 Å². The van der Waals surface area contributed by atoms with Crippen molar-refractivity contribution in [1.82, 2.24) is 0 Å². The molecule has 0 aliphatic carbocycles. The van der Waals surface area contributed by atoms with E-state index in [0.29, 0.717) is 5.02 Å². The maximum atomic E-state index is 6.07. The molecule has 21 heavy (non-hydrogen) atoms. The Balaban J connectivity index is 1.98. The van der Waals surface area contributed by atoms with Gasteiger partial charge in [0.15, 0.2) is 0 Å². The Labute approximate surface area is 144 Å². The van der Waals surface area contributed by atoms with Crippen molar-refractivity contribution in [2.45, 2.75) is 6.04 Å². The summed E-state index contributed by atoms with van der Waals surface area (Å²) in [6, 6.07) is 13.2. The average molecular weight is 403 g/mol. The van der Waals surface area contributed by atoms with Crippen LogP contribution in [0.5, 0.6) is 0 Å². The number of furan rings is 1. The first-order valence-corrected chi connectivity index (χ1v) is 8.50. The number of halogens is 3. The van der Waals surface area contributed by atoms with E-state index in [2.05, 4.69) is 21.2 Å². The second kappa shape index (κ2) is 6.44. The lowest BCUT2D eigenvalue weighted by atomic mass is 10.1. The summed E-state index contributed by atoms with van der Waals surface area (Å²) in [6.45, 7) is 0. The van der Waals surface area contributed by atoms with E-state index in [1.54, 1.807) is 6.26 Å². The molecule has 1 aromatic carbocycles. The fraction of sp³-hybridized carbons (Fsp3) is 0.0667. The first-order valence-electron chi connectivity index (χ1n) is 6.14. The van der Waals surface area contributed by atoms with E-state index in [4.69, 9.17) is 27.6 Å². The molecule has 2 aromatic heterocycles. The lowest BCUT2D eigenvalue weighted by molar-refractivity contribution is 0.500. The van der Waals surface area contributed by atoms with E-state index < -0.39 is 0 Å². The fourth-order valence-corrected chi connectivity index (χ4v) is 3.64. The van der Waals surface area contributed by atoms with Crippen molar-refractivity contribution in [2.24, 2.45) is 0 Å². The molecule has 0 saturated heterocycles. The van der Waals surface area contributed by atoms with E-state index in [-0.39, 0.29) is 6.04 Å². The van der Waals surface area contributed by atoms with Gasteiger partial charge in [-0.25, -0.2) is 0 Å². The van der Waals surface area contributed by atoms with Crippen LogP contribution in [0.4, 0.5) is 5.69 Å². The monoisotopic (exact) mass is 401 g/mol. The number of anilines is 1. The summed E-state index contributed by atoms with van der Waals surface area (Å²) in [6.07, 6.45) is 1.66. The van der Waals surface area contributed by atoms with Gasteiger partial charge in [-0.3, -0.25) is 0 Å². The normalized spacial score (nSPS) is 12.3. The van der Waals surface area contributed by atoms with E-state index in [1.165, 1.54) is 11.3 Å². The summed E-state index contributed by atoms with van der Waals surface area (Å²) in [5.41, 5.74) is 0.897. The van der Waals surface area contributed by atoms with Crippen LogP contribution in [-0.4, -0.2) is 0 Å². The third-order valence-corrected chi connectivity index (χ3v) is 5.16. The van der Waals surface area contributed by atoms with Crippen LogP contribution in [0.3, 0.4) is 0 Å². The molecule has 1 atom stereocenters. The zero-order valence-electron chi connectivity index (χ0n) is 10.6. The molecule has 2 heterocycles. The molecule has 1 unspecified atom stereocenters. The highest BCUT2D eigenvalue weighted by atomic mass is 79.9. The molecular formula is C15H10BrCl2NOS. The Morgan fingerprint density at radius 2 is 2.00 bits per heavy atom. The molecule has 0 saturated carbocycles. The van der Waals surface area contributed by atoms with Crippen molar-refractivity contribution in [2.75, 3.05) is 5.32 Å². The van der Waals surface area contributed by atoms with Crippen LogP contribution in [0, 0.1) is 0 Å². The van der Waals surface area contributed by atoms with Crippen molar-refractivity contribution in [3.8, 4) is 0 Å². The van der Waals surface area contributed by atoms with E-state index in [1.807, 2.05) is 42.5 Å². The van der Waals surface area contributed by atoms with Crippen molar-refractivity contribution in [1.29, 1.82) is 0 Å². The van der Waals surface area contributed by atoms with Crippen molar-refractivity contribution >= 4 is 56.2 Å². The second-order valence-corrected chi connectivity index (χ2v) is 7.40. The Morgan fingerprint density at radius 3 is 2.67 bits per heavy atom. The van der Waals surface area contributed by atoms with Gasteiger partial charge in [0, 0.05) is 14.4 Å². The molecule has 1 N–H and O–H groups in total. The SMILES string of the molecule is Clc1ccc(Br)c(NC(c2ccco2)c2ccc(Cl)s2)c1. The number of rotatable bonds is 4. The van der Waals surface area contributed by atoms with Crippen molar-refractivity contribution < 1.29 is 4.42 Å². The maximum Gasteiger partial charge on any atom is 0.131 e. The van der Waals surface area contributed by atoms with Crippen LogP contribution in [0.1, 0.15) is 16.7 Å². The molecule has 0 radical (unpaired) electrons. The number of hydrogen-bond acceptors (Lipinski definition) is 3. The van der Waals surface area contributed by atoms with Gasteiger partial charge in [0.25, 0.3) is 0 Å². The second-order valence-electron chi connectivity index (χ2n) is 4.36. The molecule has 108 valence electrons. The predicted molar refractivity (Wildman–Crippen MR) is 92.7 cm³/mol. The highest BCUT2D eigenvalue weighted by Gasteiger charge is 2.20. The average Bonchev–Trinajstić information content (AvgIpc) is 3.11.